The van der Waals surface area contributed by atoms with Crippen LogP contribution in [0.25, 0.3) is 11.1 Å². The standard InChI is InChI=1S/C16H16Cl2FN/c1-10(2)20-9-12-3-5-13(19)8-14(12)11-4-6-15(17)16(18)7-11/h3-8,10,20H,9H2,1-2H3. The molecule has 2 aromatic carbocycles. The van der Waals surface area contributed by atoms with Gasteiger partial charge in [-0.25, -0.2) is 4.39 Å². The topological polar surface area (TPSA) is 12.0 Å². The van der Waals surface area contributed by atoms with E-state index in [1.165, 1.54) is 12.1 Å². The molecule has 0 heterocycles. The quantitative estimate of drug-likeness (QED) is 0.808. The summed E-state index contributed by atoms with van der Waals surface area (Å²) in [4.78, 5) is 0. The highest BCUT2D eigenvalue weighted by molar-refractivity contribution is 6.42. The maximum atomic E-state index is 13.5. The van der Waals surface area contributed by atoms with E-state index in [-0.39, 0.29) is 5.82 Å². The minimum Gasteiger partial charge on any atom is -0.310 e. The molecule has 0 saturated heterocycles. The van der Waals surface area contributed by atoms with Gasteiger partial charge >= 0.3 is 0 Å². The first-order valence-corrected chi connectivity index (χ1v) is 7.20. The summed E-state index contributed by atoms with van der Waals surface area (Å²) in [6, 6.07) is 10.5. The summed E-state index contributed by atoms with van der Waals surface area (Å²) in [5.74, 6) is -0.264. The number of hydrogen-bond acceptors (Lipinski definition) is 1. The molecule has 0 fully saturated rings. The van der Waals surface area contributed by atoms with Crippen LogP contribution in [-0.2, 0) is 6.54 Å². The monoisotopic (exact) mass is 311 g/mol. The van der Waals surface area contributed by atoms with Crippen molar-refractivity contribution in [1.29, 1.82) is 0 Å². The summed E-state index contributed by atoms with van der Waals surface area (Å²) in [6.07, 6.45) is 0. The van der Waals surface area contributed by atoms with Crippen LogP contribution in [0.3, 0.4) is 0 Å². The molecular weight excluding hydrogens is 296 g/mol. The molecule has 20 heavy (non-hydrogen) atoms. The Hall–Kier alpha value is -1.09. The Balaban J connectivity index is 2.42. The number of rotatable bonds is 4. The van der Waals surface area contributed by atoms with Gasteiger partial charge in [0.2, 0.25) is 0 Å². The Bertz CT molecular complexity index is 611. The minimum atomic E-state index is -0.264. The van der Waals surface area contributed by atoms with Gasteiger partial charge in [0.05, 0.1) is 10.0 Å². The molecule has 1 N–H and O–H groups in total. The normalized spacial score (nSPS) is 11.1. The number of hydrogen-bond donors (Lipinski definition) is 1. The Morgan fingerprint density at radius 2 is 1.80 bits per heavy atom. The van der Waals surface area contributed by atoms with Crippen LogP contribution in [0.15, 0.2) is 36.4 Å². The average molecular weight is 312 g/mol. The molecule has 0 bridgehead atoms. The van der Waals surface area contributed by atoms with Gasteiger partial charge in [0.1, 0.15) is 5.82 Å². The molecule has 4 heteroatoms. The Morgan fingerprint density at radius 1 is 1.05 bits per heavy atom. The molecular formula is C16H16Cl2FN. The van der Waals surface area contributed by atoms with Crippen molar-refractivity contribution in [2.45, 2.75) is 26.4 Å². The zero-order chi connectivity index (χ0) is 14.7. The zero-order valence-electron chi connectivity index (χ0n) is 11.4. The summed E-state index contributed by atoms with van der Waals surface area (Å²) < 4.78 is 13.5. The number of halogens is 3. The van der Waals surface area contributed by atoms with Crippen molar-refractivity contribution in [3.8, 4) is 11.1 Å². The van der Waals surface area contributed by atoms with Gasteiger partial charge in [-0.1, -0.05) is 49.2 Å². The second-order valence-electron chi connectivity index (χ2n) is 4.97. The lowest BCUT2D eigenvalue weighted by molar-refractivity contribution is 0.587. The molecule has 0 radical (unpaired) electrons. The van der Waals surface area contributed by atoms with Gasteiger partial charge in [-0.3, -0.25) is 0 Å². The third-order valence-electron chi connectivity index (χ3n) is 3.00. The summed E-state index contributed by atoms with van der Waals surface area (Å²) in [5.41, 5.74) is 2.72. The van der Waals surface area contributed by atoms with Crippen molar-refractivity contribution in [2.24, 2.45) is 0 Å². The highest BCUT2D eigenvalue weighted by Crippen LogP contribution is 2.31. The molecule has 0 aliphatic carbocycles. The molecule has 0 aromatic heterocycles. The SMILES string of the molecule is CC(C)NCc1ccc(F)cc1-c1ccc(Cl)c(Cl)c1. The third-order valence-corrected chi connectivity index (χ3v) is 3.74. The van der Waals surface area contributed by atoms with E-state index in [0.29, 0.717) is 22.6 Å². The lowest BCUT2D eigenvalue weighted by Crippen LogP contribution is -2.22. The first-order valence-electron chi connectivity index (χ1n) is 6.44. The van der Waals surface area contributed by atoms with Gasteiger partial charge in [-0.2, -0.15) is 0 Å². The fraction of sp³-hybridized carbons (Fsp3) is 0.250. The molecule has 0 saturated carbocycles. The molecule has 0 atom stereocenters. The minimum absolute atomic E-state index is 0.264. The van der Waals surface area contributed by atoms with E-state index < -0.39 is 0 Å². The summed E-state index contributed by atoms with van der Waals surface area (Å²) >= 11 is 12.0. The van der Waals surface area contributed by atoms with Crippen LogP contribution in [0.5, 0.6) is 0 Å². The highest BCUT2D eigenvalue weighted by atomic mass is 35.5. The number of benzene rings is 2. The first kappa shape index (κ1) is 15.3. The van der Waals surface area contributed by atoms with Gasteiger partial charge in [-0.15, -0.1) is 0 Å². The predicted octanol–water partition coefficient (Wildman–Crippen LogP) is 5.30. The second-order valence-corrected chi connectivity index (χ2v) is 5.78. The van der Waals surface area contributed by atoms with Gasteiger partial charge in [-0.05, 0) is 41.0 Å². The largest absolute Gasteiger partial charge is 0.310 e. The van der Waals surface area contributed by atoms with E-state index in [9.17, 15) is 4.39 Å². The van der Waals surface area contributed by atoms with Crippen molar-refractivity contribution in [2.75, 3.05) is 0 Å². The maximum Gasteiger partial charge on any atom is 0.123 e. The molecule has 0 aliphatic rings. The maximum absolute atomic E-state index is 13.5. The second kappa shape index (κ2) is 6.57. The smallest absolute Gasteiger partial charge is 0.123 e. The van der Waals surface area contributed by atoms with Gasteiger partial charge in [0, 0.05) is 12.6 Å². The summed E-state index contributed by atoms with van der Waals surface area (Å²) in [7, 11) is 0. The summed E-state index contributed by atoms with van der Waals surface area (Å²) in [5, 5.41) is 4.30. The molecule has 0 unspecified atom stereocenters. The highest BCUT2D eigenvalue weighted by Gasteiger charge is 2.09. The van der Waals surface area contributed by atoms with E-state index in [4.69, 9.17) is 23.2 Å². The van der Waals surface area contributed by atoms with Gasteiger partial charge in [0.15, 0.2) is 0 Å². The zero-order valence-corrected chi connectivity index (χ0v) is 12.9. The first-order chi connectivity index (χ1) is 9.47. The van der Waals surface area contributed by atoms with Crippen molar-refractivity contribution >= 4 is 23.2 Å². The average Bonchev–Trinajstić information content (AvgIpc) is 2.40. The fourth-order valence-corrected chi connectivity index (χ4v) is 2.25. The van der Waals surface area contributed by atoms with Crippen LogP contribution in [0.4, 0.5) is 4.39 Å². The van der Waals surface area contributed by atoms with Gasteiger partial charge < -0.3 is 5.32 Å². The van der Waals surface area contributed by atoms with Crippen LogP contribution in [0.2, 0.25) is 10.0 Å². The van der Waals surface area contributed by atoms with Crippen molar-refractivity contribution in [3.05, 3.63) is 57.8 Å². The van der Waals surface area contributed by atoms with Crippen LogP contribution in [0, 0.1) is 5.82 Å². The molecule has 2 aromatic rings. The summed E-state index contributed by atoms with van der Waals surface area (Å²) in [6.45, 7) is 4.82. The van der Waals surface area contributed by atoms with Crippen molar-refractivity contribution in [1.82, 2.24) is 5.32 Å². The van der Waals surface area contributed by atoms with Gasteiger partial charge in [0.25, 0.3) is 0 Å². The predicted molar refractivity (Wildman–Crippen MR) is 83.8 cm³/mol. The molecule has 0 amide bonds. The number of nitrogens with one attached hydrogen (secondary N) is 1. The van der Waals surface area contributed by atoms with E-state index in [1.54, 1.807) is 18.2 Å². The Morgan fingerprint density at radius 3 is 2.45 bits per heavy atom. The van der Waals surface area contributed by atoms with Crippen LogP contribution in [0.1, 0.15) is 19.4 Å². The third kappa shape index (κ3) is 3.72. The van der Waals surface area contributed by atoms with E-state index in [1.807, 2.05) is 6.07 Å². The van der Waals surface area contributed by atoms with Crippen LogP contribution in [-0.4, -0.2) is 6.04 Å². The molecule has 1 nitrogen and oxygen atoms in total. The van der Waals surface area contributed by atoms with E-state index in [0.717, 1.165) is 16.7 Å². The van der Waals surface area contributed by atoms with E-state index >= 15 is 0 Å². The van der Waals surface area contributed by atoms with Crippen molar-refractivity contribution in [3.63, 3.8) is 0 Å². The molecule has 2 rings (SSSR count). The van der Waals surface area contributed by atoms with Crippen molar-refractivity contribution < 1.29 is 4.39 Å². The Kier molecular flexibility index (Phi) is 5.03. The van der Waals surface area contributed by atoms with Crippen LogP contribution >= 0.6 is 23.2 Å². The molecule has 106 valence electrons. The van der Waals surface area contributed by atoms with Crippen LogP contribution < -0.4 is 5.32 Å². The fourth-order valence-electron chi connectivity index (χ4n) is 1.95. The van der Waals surface area contributed by atoms with E-state index in [2.05, 4.69) is 19.2 Å². The lowest BCUT2D eigenvalue weighted by atomic mass is 9.99. The lowest BCUT2D eigenvalue weighted by Gasteiger charge is -2.13. The Labute approximate surface area is 128 Å². The molecule has 0 aliphatic heterocycles. The molecule has 0 spiro atoms.